The van der Waals surface area contributed by atoms with E-state index in [0.29, 0.717) is 25.7 Å². The number of aliphatic hydroxyl groups excluding tert-OH is 1. The Hall–Kier alpha value is -1.94. The Morgan fingerprint density at radius 3 is 0.723 bits per heavy atom. The van der Waals surface area contributed by atoms with Crippen LogP contribution in [0.3, 0.4) is 0 Å². The highest BCUT2D eigenvalue weighted by Gasteiger charge is 2.30. The van der Waals surface area contributed by atoms with Crippen LogP contribution < -0.4 is 0 Å². The lowest BCUT2D eigenvalue weighted by atomic mass is 10.0. The van der Waals surface area contributed by atoms with E-state index in [-0.39, 0.29) is 25.7 Å². The molecule has 0 aliphatic carbocycles. The summed E-state index contributed by atoms with van der Waals surface area (Å²) >= 11 is 0. The van der Waals surface area contributed by atoms with Gasteiger partial charge in [0.15, 0.2) is 12.2 Å². The van der Waals surface area contributed by atoms with Crippen LogP contribution >= 0.6 is 15.6 Å². The standard InChI is InChI=1S/C75H146O17P2/c1-6-9-12-15-18-21-24-26-28-30-33-39-44-49-54-59-73(78)86-65-70(91-74(79)60-55-50-45-40-34-31-29-27-25-22-19-16-13-10-7-2)66-89-93(81,82)87-62-69(76)63-88-94(83,84)90-67-71(64-85-72(77)58-53-48-43-38-32-23-20-17-14-11-8-3)92-75(80)61-56-51-46-41-36-35-37-42-47-52-57-68(4)5/h68-71,76H,6-67H2,1-5H3,(H,81,82)(H,83,84)/t69-,70-,71-/m1/s1. The number of carbonyl (C=O) groups is 4. The number of carbonyl (C=O) groups excluding carboxylic acids is 4. The molecule has 0 heterocycles. The largest absolute Gasteiger partial charge is 0.472 e. The van der Waals surface area contributed by atoms with Crippen LogP contribution in [0.4, 0.5) is 0 Å². The number of ether oxygens (including phenoxy) is 4. The molecule has 19 heteroatoms. The molecule has 0 bridgehead atoms. The highest BCUT2D eigenvalue weighted by Crippen LogP contribution is 2.45. The lowest BCUT2D eigenvalue weighted by Crippen LogP contribution is -2.30. The molecule has 0 saturated heterocycles. The van der Waals surface area contributed by atoms with Gasteiger partial charge in [-0.15, -0.1) is 0 Å². The second kappa shape index (κ2) is 68.2. The van der Waals surface area contributed by atoms with E-state index in [1.165, 1.54) is 218 Å². The van der Waals surface area contributed by atoms with Crippen LogP contribution in [-0.2, 0) is 65.4 Å². The molecule has 0 aromatic carbocycles. The number of phosphoric ester groups is 2. The lowest BCUT2D eigenvalue weighted by Gasteiger charge is -2.21. The summed E-state index contributed by atoms with van der Waals surface area (Å²) in [7, 11) is -9.91. The molecule has 3 N–H and O–H groups in total. The monoisotopic (exact) mass is 1380 g/mol. The highest BCUT2D eigenvalue weighted by atomic mass is 31.2. The predicted molar refractivity (Wildman–Crippen MR) is 382 cm³/mol. The summed E-state index contributed by atoms with van der Waals surface area (Å²) in [5, 5.41) is 10.6. The molecule has 0 radical (unpaired) electrons. The molecule has 0 aromatic heterocycles. The molecule has 5 atom stereocenters. The van der Waals surface area contributed by atoms with Gasteiger partial charge in [0.25, 0.3) is 0 Å². The molecule has 17 nitrogen and oxygen atoms in total. The molecule has 0 saturated carbocycles. The summed E-state index contributed by atoms with van der Waals surface area (Å²) in [4.78, 5) is 72.8. The van der Waals surface area contributed by atoms with E-state index in [9.17, 15) is 43.2 Å². The molecule has 0 fully saturated rings. The average Bonchev–Trinajstić information content (AvgIpc) is 3.14. The summed E-state index contributed by atoms with van der Waals surface area (Å²) in [6.45, 7) is 7.28. The molecule has 0 aromatic rings. The normalized spacial score (nSPS) is 14.0. The van der Waals surface area contributed by atoms with Gasteiger partial charge in [-0.2, -0.15) is 0 Å². The third-order valence-corrected chi connectivity index (χ3v) is 19.4. The van der Waals surface area contributed by atoms with Crippen LogP contribution in [0.5, 0.6) is 0 Å². The maximum Gasteiger partial charge on any atom is 0.472 e. The van der Waals surface area contributed by atoms with E-state index in [1.807, 2.05) is 0 Å². The minimum Gasteiger partial charge on any atom is -0.462 e. The summed E-state index contributed by atoms with van der Waals surface area (Å²) in [6, 6.07) is 0. The van der Waals surface area contributed by atoms with Crippen molar-refractivity contribution in [3.05, 3.63) is 0 Å². The van der Waals surface area contributed by atoms with Crippen LogP contribution in [0.15, 0.2) is 0 Å². The maximum atomic E-state index is 13.1. The lowest BCUT2D eigenvalue weighted by molar-refractivity contribution is -0.161. The second-order valence-electron chi connectivity index (χ2n) is 27.5. The Morgan fingerprint density at radius 1 is 0.287 bits per heavy atom. The third-order valence-electron chi connectivity index (χ3n) is 17.5. The molecule has 558 valence electrons. The van der Waals surface area contributed by atoms with Gasteiger partial charge in [0, 0.05) is 25.7 Å². The van der Waals surface area contributed by atoms with Crippen molar-refractivity contribution in [1.29, 1.82) is 0 Å². The van der Waals surface area contributed by atoms with Gasteiger partial charge < -0.3 is 33.8 Å². The fraction of sp³-hybridized carbons (Fsp3) is 0.947. The molecule has 0 amide bonds. The summed E-state index contributed by atoms with van der Waals surface area (Å²) in [5.74, 6) is -1.36. The van der Waals surface area contributed by atoms with Crippen LogP contribution in [-0.4, -0.2) is 96.7 Å². The Bertz CT molecular complexity index is 1810. The number of hydrogen-bond donors (Lipinski definition) is 3. The molecular weight excluding hydrogens is 1230 g/mol. The third kappa shape index (κ3) is 68.6. The minimum absolute atomic E-state index is 0.107. The van der Waals surface area contributed by atoms with E-state index in [0.717, 1.165) is 95.8 Å². The molecular formula is C75H146O17P2. The topological polar surface area (TPSA) is 237 Å². The minimum atomic E-state index is -4.96. The van der Waals surface area contributed by atoms with E-state index >= 15 is 0 Å². The Balaban J connectivity index is 5.25. The summed E-state index contributed by atoms with van der Waals surface area (Å²) in [5.41, 5.74) is 0. The maximum absolute atomic E-state index is 13.1. The first-order valence-corrected chi connectivity index (χ1v) is 42.1. The van der Waals surface area contributed by atoms with Crippen LogP contribution in [0, 0.1) is 5.92 Å². The van der Waals surface area contributed by atoms with Crippen molar-refractivity contribution in [2.45, 2.75) is 412 Å². The van der Waals surface area contributed by atoms with Gasteiger partial charge in [0.2, 0.25) is 0 Å². The van der Waals surface area contributed by atoms with E-state index in [1.54, 1.807) is 0 Å². The number of rotatable bonds is 75. The molecule has 0 rings (SSSR count). The number of phosphoric acid groups is 2. The van der Waals surface area contributed by atoms with Crippen molar-refractivity contribution in [2.24, 2.45) is 5.92 Å². The smallest absolute Gasteiger partial charge is 0.462 e. The first kappa shape index (κ1) is 92.1. The molecule has 2 unspecified atom stereocenters. The van der Waals surface area contributed by atoms with E-state index < -0.39 is 97.5 Å². The SMILES string of the molecule is CCCCCCCCCCCCCCCCCC(=O)OC[C@H](COP(=O)(O)OC[C@@H](O)COP(=O)(O)OC[C@@H](COC(=O)CCCCCCCCCCCCC)OC(=O)CCCCCCCCCCCCC(C)C)OC(=O)CCCCCCCCCCCCCCCCC. The Kier molecular flexibility index (Phi) is 66.8. The van der Waals surface area contributed by atoms with Crippen molar-refractivity contribution in [3.63, 3.8) is 0 Å². The van der Waals surface area contributed by atoms with Gasteiger partial charge in [-0.05, 0) is 31.6 Å². The zero-order valence-electron chi connectivity index (χ0n) is 61.1. The second-order valence-corrected chi connectivity index (χ2v) is 30.4. The van der Waals surface area contributed by atoms with Crippen LogP contribution in [0.2, 0.25) is 0 Å². The molecule has 0 spiro atoms. The quantitative estimate of drug-likeness (QED) is 0.0222. The summed E-state index contributed by atoms with van der Waals surface area (Å²) < 4.78 is 68.5. The number of aliphatic hydroxyl groups is 1. The number of hydrogen-bond acceptors (Lipinski definition) is 15. The van der Waals surface area contributed by atoms with Crippen molar-refractivity contribution in [3.8, 4) is 0 Å². The average molecular weight is 1380 g/mol. The van der Waals surface area contributed by atoms with Crippen LogP contribution in [0.25, 0.3) is 0 Å². The fourth-order valence-corrected chi connectivity index (χ4v) is 13.1. The van der Waals surface area contributed by atoms with Crippen LogP contribution in [0.1, 0.15) is 394 Å². The molecule has 0 aliphatic rings. The fourth-order valence-electron chi connectivity index (χ4n) is 11.5. The van der Waals surface area contributed by atoms with Gasteiger partial charge in [-0.3, -0.25) is 37.3 Å². The Labute approximate surface area is 575 Å². The number of unbranched alkanes of at least 4 members (excludes halogenated alkanes) is 47. The highest BCUT2D eigenvalue weighted by molar-refractivity contribution is 7.47. The van der Waals surface area contributed by atoms with Gasteiger partial charge in [-0.1, -0.05) is 343 Å². The van der Waals surface area contributed by atoms with Gasteiger partial charge >= 0.3 is 39.5 Å². The summed E-state index contributed by atoms with van der Waals surface area (Å²) in [6.07, 6.45) is 56.7. The van der Waals surface area contributed by atoms with Crippen molar-refractivity contribution < 1.29 is 80.2 Å². The van der Waals surface area contributed by atoms with Gasteiger partial charge in [-0.25, -0.2) is 9.13 Å². The predicted octanol–water partition coefficient (Wildman–Crippen LogP) is 22.1. The Morgan fingerprint density at radius 2 is 0.489 bits per heavy atom. The zero-order valence-corrected chi connectivity index (χ0v) is 62.9. The van der Waals surface area contributed by atoms with Crippen molar-refractivity contribution in [2.75, 3.05) is 39.6 Å². The number of esters is 4. The van der Waals surface area contributed by atoms with Crippen molar-refractivity contribution >= 4 is 39.5 Å². The first-order chi connectivity index (χ1) is 45.5. The van der Waals surface area contributed by atoms with Gasteiger partial charge in [0.05, 0.1) is 26.4 Å². The van der Waals surface area contributed by atoms with Gasteiger partial charge in [0.1, 0.15) is 19.3 Å². The molecule has 0 aliphatic heterocycles. The zero-order chi connectivity index (χ0) is 69.1. The first-order valence-electron chi connectivity index (χ1n) is 39.1. The van der Waals surface area contributed by atoms with Crippen molar-refractivity contribution in [1.82, 2.24) is 0 Å². The van der Waals surface area contributed by atoms with E-state index in [4.69, 9.17) is 37.0 Å². The molecule has 94 heavy (non-hydrogen) atoms. The van der Waals surface area contributed by atoms with E-state index in [2.05, 4.69) is 34.6 Å².